The summed E-state index contributed by atoms with van der Waals surface area (Å²) >= 11 is 0. The van der Waals surface area contributed by atoms with Crippen LogP contribution in [0.25, 0.3) is 0 Å². The normalized spacial score (nSPS) is 34.0. The molecule has 1 rings (SSSR count). The molecule has 0 bridgehead atoms. The van der Waals surface area contributed by atoms with Crippen molar-refractivity contribution in [2.45, 2.75) is 64.0 Å². The number of hydrazine groups is 1. The number of rotatable bonds is 5. The standard InChI is InChI=1S/C12H26N2O/c1-4-5-11(14-13)12(15-3)8-6-10(2)7-9-12/h10-11,14H,4-9,13H2,1-3H3. The average Bonchev–Trinajstić information content (AvgIpc) is 2.28. The maximum atomic E-state index is 5.79. The van der Waals surface area contributed by atoms with Gasteiger partial charge in [-0.3, -0.25) is 11.3 Å². The number of hydrogen-bond donors (Lipinski definition) is 2. The zero-order chi connectivity index (χ0) is 11.3. The van der Waals surface area contributed by atoms with E-state index in [0.717, 1.165) is 31.6 Å². The van der Waals surface area contributed by atoms with Gasteiger partial charge in [0.2, 0.25) is 0 Å². The zero-order valence-corrected chi connectivity index (χ0v) is 10.4. The molecule has 3 nitrogen and oxygen atoms in total. The molecule has 0 saturated heterocycles. The van der Waals surface area contributed by atoms with E-state index in [2.05, 4.69) is 19.3 Å². The van der Waals surface area contributed by atoms with Crippen molar-refractivity contribution < 1.29 is 4.74 Å². The van der Waals surface area contributed by atoms with Crippen LogP contribution < -0.4 is 11.3 Å². The molecular weight excluding hydrogens is 188 g/mol. The summed E-state index contributed by atoms with van der Waals surface area (Å²) in [5, 5.41) is 0. The molecule has 0 spiro atoms. The Labute approximate surface area is 93.7 Å². The smallest absolute Gasteiger partial charge is 0.0844 e. The highest BCUT2D eigenvalue weighted by atomic mass is 16.5. The first-order valence-electron chi connectivity index (χ1n) is 6.19. The summed E-state index contributed by atoms with van der Waals surface area (Å²) in [5.41, 5.74) is 2.94. The van der Waals surface area contributed by atoms with Gasteiger partial charge in [-0.2, -0.15) is 0 Å². The van der Waals surface area contributed by atoms with E-state index in [4.69, 9.17) is 10.6 Å². The predicted octanol–water partition coefficient (Wildman–Crippen LogP) is 2.21. The van der Waals surface area contributed by atoms with Gasteiger partial charge in [0.25, 0.3) is 0 Å². The molecule has 0 aromatic carbocycles. The molecule has 0 aromatic heterocycles. The van der Waals surface area contributed by atoms with Crippen LogP contribution in [0.3, 0.4) is 0 Å². The molecule has 15 heavy (non-hydrogen) atoms. The van der Waals surface area contributed by atoms with Crippen molar-refractivity contribution in [3.05, 3.63) is 0 Å². The maximum Gasteiger partial charge on any atom is 0.0844 e. The highest BCUT2D eigenvalue weighted by molar-refractivity contribution is 4.95. The Kier molecular flexibility index (Phi) is 5.03. The van der Waals surface area contributed by atoms with Gasteiger partial charge in [0, 0.05) is 7.11 Å². The van der Waals surface area contributed by atoms with Crippen molar-refractivity contribution >= 4 is 0 Å². The highest BCUT2D eigenvalue weighted by Gasteiger charge is 2.40. The molecule has 3 N–H and O–H groups in total. The first kappa shape index (κ1) is 12.9. The minimum absolute atomic E-state index is 0.0166. The van der Waals surface area contributed by atoms with E-state index in [0.29, 0.717) is 6.04 Å². The van der Waals surface area contributed by atoms with Gasteiger partial charge in [-0.1, -0.05) is 20.3 Å². The Morgan fingerprint density at radius 3 is 2.47 bits per heavy atom. The lowest BCUT2D eigenvalue weighted by atomic mass is 9.74. The van der Waals surface area contributed by atoms with Crippen molar-refractivity contribution in [2.75, 3.05) is 7.11 Å². The molecule has 90 valence electrons. The zero-order valence-electron chi connectivity index (χ0n) is 10.4. The molecule has 1 aliphatic carbocycles. The van der Waals surface area contributed by atoms with Crippen LogP contribution in [0.15, 0.2) is 0 Å². The number of ether oxygens (including phenoxy) is 1. The molecule has 1 saturated carbocycles. The van der Waals surface area contributed by atoms with Crippen LogP contribution in [0.1, 0.15) is 52.4 Å². The summed E-state index contributed by atoms with van der Waals surface area (Å²) in [6, 6.07) is 0.306. The van der Waals surface area contributed by atoms with Crippen molar-refractivity contribution in [2.24, 2.45) is 11.8 Å². The fraction of sp³-hybridized carbons (Fsp3) is 1.00. The molecule has 0 amide bonds. The topological polar surface area (TPSA) is 47.3 Å². The Morgan fingerprint density at radius 1 is 1.47 bits per heavy atom. The van der Waals surface area contributed by atoms with Crippen LogP contribution in [-0.4, -0.2) is 18.8 Å². The lowest BCUT2D eigenvalue weighted by molar-refractivity contribution is -0.0766. The molecule has 0 radical (unpaired) electrons. The number of nitrogens with one attached hydrogen (secondary N) is 1. The fourth-order valence-corrected chi connectivity index (χ4v) is 2.73. The van der Waals surface area contributed by atoms with Gasteiger partial charge >= 0.3 is 0 Å². The minimum Gasteiger partial charge on any atom is -0.377 e. The molecule has 1 unspecified atom stereocenters. The Balaban J connectivity index is 2.65. The lowest BCUT2D eigenvalue weighted by Gasteiger charge is -2.43. The van der Waals surface area contributed by atoms with E-state index in [-0.39, 0.29) is 5.60 Å². The molecule has 3 heteroatoms. The highest BCUT2D eigenvalue weighted by Crippen LogP contribution is 2.37. The molecule has 0 aliphatic heterocycles. The van der Waals surface area contributed by atoms with Crippen LogP contribution in [0.4, 0.5) is 0 Å². The summed E-state index contributed by atoms with van der Waals surface area (Å²) < 4.78 is 5.79. The molecule has 0 aromatic rings. The van der Waals surface area contributed by atoms with Gasteiger partial charge in [-0.25, -0.2) is 0 Å². The van der Waals surface area contributed by atoms with Crippen molar-refractivity contribution in [3.8, 4) is 0 Å². The third-order valence-electron chi connectivity index (χ3n) is 3.94. The van der Waals surface area contributed by atoms with Crippen LogP contribution in [0.5, 0.6) is 0 Å². The van der Waals surface area contributed by atoms with E-state index in [9.17, 15) is 0 Å². The van der Waals surface area contributed by atoms with Gasteiger partial charge < -0.3 is 4.74 Å². The van der Waals surface area contributed by atoms with E-state index in [1.54, 1.807) is 0 Å². The summed E-state index contributed by atoms with van der Waals surface area (Å²) in [5.74, 6) is 6.50. The third-order valence-corrected chi connectivity index (χ3v) is 3.94. The van der Waals surface area contributed by atoms with E-state index >= 15 is 0 Å². The van der Waals surface area contributed by atoms with Crippen LogP contribution in [-0.2, 0) is 4.74 Å². The van der Waals surface area contributed by atoms with Crippen molar-refractivity contribution in [1.82, 2.24) is 5.43 Å². The SMILES string of the molecule is CCCC(NN)C1(OC)CCC(C)CC1. The molecule has 1 atom stereocenters. The predicted molar refractivity (Wildman–Crippen MR) is 63.4 cm³/mol. The monoisotopic (exact) mass is 214 g/mol. The van der Waals surface area contributed by atoms with Gasteiger partial charge in [0.1, 0.15) is 0 Å². The summed E-state index contributed by atoms with van der Waals surface area (Å²) in [7, 11) is 1.83. The van der Waals surface area contributed by atoms with E-state index in [1.165, 1.54) is 12.8 Å². The number of hydrogen-bond acceptors (Lipinski definition) is 3. The molecule has 1 fully saturated rings. The molecular formula is C12H26N2O. The summed E-state index contributed by atoms with van der Waals surface area (Å²) in [4.78, 5) is 0. The largest absolute Gasteiger partial charge is 0.377 e. The first-order valence-corrected chi connectivity index (χ1v) is 6.19. The number of methoxy groups -OCH3 is 1. The van der Waals surface area contributed by atoms with Crippen molar-refractivity contribution in [1.29, 1.82) is 0 Å². The van der Waals surface area contributed by atoms with Crippen LogP contribution in [0.2, 0.25) is 0 Å². The van der Waals surface area contributed by atoms with Crippen LogP contribution >= 0.6 is 0 Å². The molecule has 0 heterocycles. The van der Waals surface area contributed by atoms with Gasteiger partial charge in [0.15, 0.2) is 0 Å². The van der Waals surface area contributed by atoms with Gasteiger partial charge in [-0.05, 0) is 38.0 Å². The van der Waals surface area contributed by atoms with Crippen LogP contribution in [0, 0.1) is 5.92 Å². The van der Waals surface area contributed by atoms with Crippen molar-refractivity contribution in [3.63, 3.8) is 0 Å². The van der Waals surface area contributed by atoms with Gasteiger partial charge in [0.05, 0.1) is 11.6 Å². The second kappa shape index (κ2) is 5.83. The summed E-state index contributed by atoms with van der Waals surface area (Å²) in [6.07, 6.45) is 7.04. The fourth-order valence-electron chi connectivity index (χ4n) is 2.73. The second-order valence-electron chi connectivity index (χ2n) is 4.96. The van der Waals surface area contributed by atoms with E-state index in [1.807, 2.05) is 7.11 Å². The average molecular weight is 214 g/mol. The Hall–Kier alpha value is -0.120. The Bertz CT molecular complexity index is 176. The van der Waals surface area contributed by atoms with Gasteiger partial charge in [-0.15, -0.1) is 0 Å². The lowest BCUT2D eigenvalue weighted by Crippen LogP contribution is -2.55. The van der Waals surface area contributed by atoms with E-state index < -0.39 is 0 Å². The molecule has 1 aliphatic rings. The summed E-state index contributed by atoms with van der Waals surface area (Å²) in [6.45, 7) is 4.52. The maximum absolute atomic E-state index is 5.79. The second-order valence-corrected chi connectivity index (χ2v) is 4.96. The first-order chi connectivity index (χ1) is 7.18. The number of nitrogens with two attached hydrogens (primary N) is 1. The third kappa shape index (κ3) is 2.92. The quantitative estimate of drug-likeness (QED) is 0.545. The minimum atomic E-state index is -0.0166. The Morgan fingerprint density at radius 2 is 2.07 bits per heavy atom.